The Kier molecular flexibility index (Phi) is 3.12. The molecule has 16 heavy (non-hydrogen) atoms. The highest BCUT2D eigenvalue weighted by molar-refractivity contribution is 7.94. The molecule has 0 unspecified atom stereocenters. The number of nitrogens with zero attached hydrogens (tertiary/aromatic N) is 6. The van der Waals surface area contributed by atoms with Crippen molar-refractivity contribution < 1.29 is 0 Å². The van der Waals surface area contributed by atoms with E-state index in [0.29, 0.717) is 0 Å². The summed E-state index contributed by atoms with van der Waals surface area (Å²) in [6.07, 6.45) is 0. The van der Waals surface area contributed by atoms with Gasteiger partial charge in [0.2, 0.25) is 0 Å². The molecule has 92 valence electrons. The van der Waals surface area contributed by atoms with E-state index in [0.717, 1.165) is 0 Å². The summed E-state index contributed by atoms with van der Waals surface area (Å²) >= 11 is 0. The lowest BCUT2D eigenvalue weighted by atomic mass is 11.5. The Balaban J connectivity index is 2.07. The molecule has 4 heterocycles. The summed E-state index contributed by atoms with van der Waals surface area (Å²) in [7, 11) is 12.8. The van der Waals surface area contributed by atoms with Gasteiger partial charge in [0.25, 0.3) is 0 Å². The van der Waals surface area contributed by atoms with Crippen molar-refractivity contribution in [3.05, 3.63) is 0 Å². The molecule has 4 aliphatic rings. The van der Waals surface area contributed by atoms with Crippen molar-refractivity contribution in [2.45, 2.75) is 0 Å². The maximum atomic E-state index is 2.58. The van der Waals surface area contributed by atoms with Crippen LogP contribution in [0.4, 0.5) is 0 Å². The van der Waals surface area contributed by atoms with E-state index < -0.39 is 0 Å². The summed E-state index contributed by atoms with van der Waals surface area (Å²) in [5.74, 6) is 0. The third-order valence-electron chi connectivity index (χ3n) is 3.11. The van der Waals surface area contributed by atoms with Gasteiger partial charge in [0.05, 0.1) is 0 Å². The molecule has 4 aliphatic heterocycles. The number of hydrogen-bond donors (Lipinski definition) is 0. The van der Waals surface area contributed by atoms with Crippen LogP contribution in [0.1, 0.15) is 0 Å². The normalized spacial score (nSPS) is 48.4. The van der Waals surface area contributed by atoms with E-state index >= 15 is 0 Å². The lowest BCUT2D eigenvalue weighted by Gasteiger charge is -2.70. The largest absolute Gasteiger partial charge is 0.211 e. The minimum Gasteiger partial charge on any atom is -0.211 e. The second kappa shape index (κ2) is 3.99. The van der Waals surface area contributed by atoms with Crippen LogP contribution >= 0.6 is 33.5 Å². The minimum atomic E-state index is -0.214. The molecule has 4 fully saturated rings. The van der Waals surface area contributed by atoms with Gasteiger partial charge < -0.3 is 0 Å². The van der Waals surface area contributed by atoms with Gasteiger partial charge in [-0.2, -0.15) is 0 Å². The molecular formula is C6H18N6P4. The van der Waals surface area contributed by atoms with Crippen molar-refractivity contribution >= 4 is 33.5 Å². The van der Waals surface area contributed by atoms with Gasteiger partial charge in [-0.15, -0.1) is 0 Å². The predicted molar refractivity (Wildman–Crippen MR) is 74.3 cm³/mol. The van der Waals surface area contributed by atoms with Crippen LogP contribution in [0.15, 0.2) is 0 Å². The molecule has 4 saturated heterocycles. The molecule has 10 heteroatoms. The Morgan fingerprint density at radius 1 is 0.375 bits per heavy atom. The van der Waals surface area contributed by atoms with Crippen LogP contribution in [0.25, 0.3) is 0 Å². The summed E-state index contributed by atoms with van der Waals surface area (Å²) in [6, 6.07) is 0. The van der Waals surface area contributed by atoms with Crippen LogP contribution in [0.3, 0.4) is 0 Å². The van der Waals surface area contributed by atoms with Gasteiger partial charge in [0.1, 0.15) is 33.5 Å². The van der Waals surface area contributed by atoms with Crippen molar-refractivity contribution in [3.63, 3.8) is 0 Å². The molecular weight excluding hydrogens is 280 g/mol. The summed E-state index contributed by atoms with van der Waals surface area (Å²) in [5, 5.41) is 0. The molecule has 0 aromatic carbocycles. The Hall–Kier alpha value is 1.48. The van der Waals surface area contributed by atoms with Gasteiger partial charge in [-0.05, 0) is 42.3 Å². The summed E-state index contributed by atoms with van der Waals surface area (Å²) in [6.45, 7) is 0. The zero-order valence-corrected chi connectivity index (χ0v) is 14.0. The van der Waals surface area contributed by atoms with Crippen molar-refractivity contribution in [2.75, 3.05) is 42.3 Å². The van der Waals surface area contributed by atoms with E-state index in [9.17, 15) is 0 Å². The highest BCUT2D eigenvalue weighted by Crippen LogP contribution is 2.93. The zero-order chi connectivity index (χ0) is 11.8. The second-order valence-electron chi connectivity index (χ2n) is 4.01. The predicted octanol–water partition coefficient (Wildman–Crippen LogP) is 2.53. The van der Waals surface area contributed by atoms with Crippen LogP contribution in [-0.4, -0.2) is 68.9 Å². The average Bonchev–Trinajstić information content (AvgIpc) is 2.14. The van der Waals surface area contributed by atoms with Crippen LogP contribution < -0.4 is 0 Å². The van der Waals surface area contributed by atoms with E-state index in [1.54, 1.807) is 0 Å². The molecule has 0 saturated carbocycles. The van der Waals surface area contributed by atoms with Crippen LogP contribution in [-0.2, 0) is 0 Å². The average molecular weight is 298 g/mol. The molecule has 0 spiro atoms. The van der Waals surface area contributed by atoms with Crippen LogP contribution in [0.2, 0.25) is 0 Å². The van der Waals surface area contributed by atoms with Gasteiger partial charge in [0.15, 0.2) is 0 Å². The van der Waals surface area contributed by atoms with Gasteiger partial charge in [-0.25, -0.2) is 26.6 Å². The topological polar surface area (TPSA) is 19.4 Å². The first-order valence-corrected chi connectivity index (χ1v) is 9.88. The maximum absolute atomic E-state index is 2.58. The lowest BCUT2D eigenvalue weighted by molar-refractivity contribution is 0.472. The Morgan fingerprint density at radius 3 is 0.625 bits per heavy atom. The van der Waals surface area contributed by atoms with E-state index in [1.165, 1.54) is 0 Å². The summed E-state index contributed by atoms with van der Waals surface area (Å²) in [5.41, 5.74) is 0. The van der Waals surface area contributed by atoms with Gasteiger partial charge in [-0.1, -0.05) is 0 Å². The fourth-order valence-electron chi connectivity index (χ4n) is 2.68. The Morgan fingerprint density at radius 2 is 0.500 bits per heavy atom. The Bertz CT molecular complexity index is 218. The van der Waals surface area contributed by atoms with Gasteiger partial charge >= 0.3 is 0 Å². The highest BCUT2D eigenvalue weighted by atomic mass is 31.3. The third kappa shape index (κ3) is 1.33. The molecule has 0 atom stereocenters. The molecule has 0 N–H and O–H groups in total. The quantitative estimate of drug-likeness (QED) is 0.636. The molecule has 4 bridgehead atoms. The summed E-state index contributed by atoms with van der Waals surface area (Å²) < 4.78 is 15.5. The molecule has 0 amide bonds. The van der Waals surface area contributed by atoms with Gasteiger partial charge in [-0.3, -0.25) is 0 Å². The first-order valence-electron chi connectivity index (χ1n) is 5.08. The lowest BCUT2D eigenvalue weighted by Crippen LogP contribution is -2.52. The Labute approximate surface area is 103 Å². The van der Waals surface area contributed by atoms with Crippen LogP contribution in [0.5, 0.6) is 0 Å². The standard InChI is InChI=1S/C6H18N6P4/c1-7-13-8(2)15-10(4)14(7)11(5)16(9(13)3)12(15)6/h1-6H3. The maximum Gasteiger partial charge on any atom is 0.136 e. The smallest absolute Gasteiger partial charge is 0.136 e. The molecule has 0 aromatic heterocycles. The molecule has 0 aliphatic carbocycles. The third-order valence-corrected chi connectivity index (χ3v) is 15.1. The van der Waals surface area contributed by atoms with E-state index in [-0.39, 0.29) is 33.5 Å². The van der Waals surface area contributed by atoms with Crippen molar-refractivity contribution in [1.29, 1.82) is 0 Å². The van der Waals surface area contributed by atoms with Crippen molar-refractivity contribution in [3.8, 4) is 0 Å². The molecule has 6 nitrogen and oxygen atoms in total. The van der Waals surface area contributed by atoms with E-state index in [1.807, 2.05) is 0 Å². The van der Waals surface area contributed by atoms with Crippen molar-refractivity contribution in [2.24, 2.45) is 0 Å². The van der Waals surface area contributed by atoms with E-state index in [4.69, 9.17) is 0 Å². The zero-order valence-electron chi connectivity index (χ0n) is 10.5. The second-order valence-corrected chi connectivity index (χ2v) is 15.2. The van der Waals surface area contributed by atoms with Crippen LogP contribution in [0, 0.1) is 0 Å². The monoisotopic (exact) mass is 298 g/mol. The molecule has 4 rings (SSSR count). The van der Waals surface area contributed by atoms with Crippen molar-refractivity contribution in [1.82, 2.24) is 26.6 Å². The fourth-order valence-corrected chi connectivity index (χ4v) is 21.5. The highest BCUT2D eigenvalue weighted by Gasteiger charge is 2.61. The van der Waals surface area contributed by atoms with Gasteiger partial charge in [0, 0.05) is 0 Å². The van der Waals surface area contributed by atoms with E-state index in [2.05, 4.69) is 68.9 Å². The summed E-state index contributed by atoms with van der Waals surface area (Å²) in [4.78, 5) is 0. The number of hydrogen-bond acceptors (Lipinski definition) is 6. The fraction of sp³-hybridized carbons (Fsp3) is 1.00. The first kappa shape index (κ1) is 12.5. The SMILES string of the molecule is CN1P2N(C)P3N(C)P1N(C)P(N2C)N3C. The molecule has 0 radical (unpaired) electrons. The minimum absolute atomic E-state index is 0.214. The molecule has 0 aromatic rings. The first-order chi connectivity index (χ1) is 7.46. The number of rotatable bonds is 0.